The van der Waals surface area contributed by atoms with Crippen LogP contribution in [0.2, 0.25) is 0 Å². The van der Waals surface area contributed by atoms with Crippen LogP contribution in [0, 0.1) is 0 Å². The predicted octanol–water partition coefficient (Wildman–Crippen LogP) is 2.05. The molecule has 0 bridgehead atoms. The molecule has 0 aliphatic rings. The second-order valence-corrected chi connectivity index (χ2v) is 3.93. The number of quaternary nitrogens is 1. The Hall–Kier alpha value is -0.860. The van der Waals surface area contributed by atoms with Crippen molar-refractivity contribution in [2.24, 2.45) is 0 Å². The highest BCUT2D eigenvalue weighted by Gasteiger charge is 2.06. The van der Waals surface area contributed by atoms with E-state index in [1.165, 1.54) is 5.56 Å². The van der Waals surface area contributed by atoms with Gasteiger partial charge >= 0.3 is 0 Å². The average Bonchev–Trinajstić information content (AvgIpc) is 1.85. The fraction of sp³-hybridized carbons (Fsp3) is 0.400. The van der Waals surface area contributed by atoms with E-state index in [4.69, 9.17) is 0 Å². The van der Waals surface area contributed by atoms with E-state index in [1.54, 1.807) is 0 Å². The summed E-state index contributed by atoms with van der Waals surface area (Å²) in [6.45, 7) is 1.10. The van der Waals surface area contributed by atoms with E-state index >= 15 is 0 Å². The maximum absolute atomic E-state index is 2.20. The smallest absolute Gasteiger partial charge is 0.104 e. The maximum atomic E-state index is 2.20. The first-order chi connectivity index (χ1) is 5.08. The van der Waals surface area contributed by atoms with Gasteiger partial charge in [0.2, 0.25) is 0 Å². The fourth-order valence-electron chi connectivity index (χ4n) is 1.13. The molecule has 0 aliphatic heterocycles. The van der Waals surface area contributed by atoms with Gasteiger partial charge in [0.15, 0.2) is 0 Å². The van der Waals surface area contributed by atoms with E-state index in [9.17, 15) is 0 Å². The predicted molar refractivity (Wildman–Crippen MR) is 53.2 cm³/mol. The van der Waals surface area contributed by atoms with Gasteiger partial charge in [-0.15, -0.1) is 0 Å². The van der Waals surface area contributed by atoms with Crippen molar-refractivity contribution < 1.29 is 4.48 Å². The molecule has 0 radical (unpaired) electrons. The zero-order valence-electron chi connectivity index (χ0n) is 8.25. The second-order valence-electron chi connectivity index (χ2n) is 3.93. The Bertz CT molecular complexity index is 211. The molecule has 1 aromatic carbocycles. The Labute approximate surface area is 75.0 Å². The summed E-state index contributed by atoms with van der Waals surface area (Å²) in [7, 11) is 6.60. The monoisotopic (exact) mass is 167 g/mol. The van der Waals surface area contributed by atoms with E-state index in [-0.39, 0.29) is 6.15 Å². The summed E-state index contributed by atoms with van der Waals surface area (Å²) in [6, 6.07) is 10.6. The lowest BCUT2D eigenvalue weighted by atomic mass is 10.2. The van der Waals surface area contributed by atoms with Crippen LogP contribution in [0.4, 0.5) is 0 Å². The molecule has 3 N–H and O–H groups in total. The van der Waals surface area contributed by atoms with E-state index in [2.05, 4.69) is 51.5 Å². The van der Waals surface area contributed by atoms with Crippen LogP contribution in [-0.4, -0.2) is 25.6 Å². The molecular weight excluding hydrogens is 148 g/mol. The number of rotatable bonds is 2. The molecular formula is C10H19N2+. The Morgan fingerprint density at radius 3 is 1.92 bits per heavy atom. The lowest BCUT2D eigenvalue weighted by molar-refractivity contribution is -0.884. The van der Waals surface area contributed by atoms with Crippen molar-refractivity contribution in [3.05, 3.63) is 35.9 Å². The van der Waals surface area contributed by atoms with Crippen molar-refractivity contribution in [1.82, 2.24) is 6.15 Å². The van der Waals surface area contributed by atoms with E-state index in [0.29, 0.717) is 0 Å². The summed E-state index contributed by atoms with van der Waals surface area (Å²) < 4.78 is 0.990. The number of hydrogen-bond donors (Lipinski definition) is 1. The summed E-state index contributed by atoms with van der Waals surface area (Å²) in [5.74, 6) is 0. The standard InChI is InChI=1S/C10H16N.H3N/c1-11(2,3)9-10-7-5-4-6-8-10;/h4-8H,9H2,1-3H3;1H3/q+1;. The molecule has 12 heavy (non-hydrogen) atoms. The molecule has 2 nitrogen and oxygen atoms in total. The highest BCUT2D eigenvalue weighted by molar-refractivity contribution is 5.13. The van der Waals surface area contributed by atoms with Crippen LogP contribution in [-0.2, 0) is 6.54 Å². The molecule has 0 saturated carbocycles. The van der Waals surface area contributed by atoms with Crippen LogP contribution in [0.3, 0.4) is 0 Å². The molecule has 0 aliphatic carbocycles. The minimum absolute atomic E-state index is 0. The normalized spacial score (nSPS) is 10.6. The van der Waals surface area contributed by atoms with Crippen LogP contribution in [0.1, 0.15) is 5.56 Å². The second kappa shape index (κ2) is 4.24. The van der Waals surface area contributed by atoms with Gasteiger partial charge in [0, 0.05) is 5.56 Å². The fourth-order valence-corrected chi connectivity index (χ4v) is 1.13. The minimum atomic E-state index is 0. The van der Waals surface area contributed by atoms with Crippen LogP contribution in [0.25, 0.3) is 0 Å². The largest absolute Gasteiger partial charge is 0.344 e. The highest BCUT2D eigenvalue weighted by atomic mass is 15.3. The lowest BCUT2D eigenvalue weighted by Gasteiger charge is -2.23. The molecule has 0 fully saturated rings. The van der Waals surface area contributed by atoms with Gasteiger partial charge in [0.1, 0.15) is 6.54 Å². The zero-order chi connectivity index (χ0) is 8.32. The molecule has 1 rings (SSSR count). The topological polar surface area (TPSA) is 35.0 Å². The van der Waals surface area contributed by atoms with Crippen LogP contribution in [0.5, 0.6) is 0 Å². The molecule has 0 amide bonds. The third-order valence-corrected chi connectivity index (χ3v) is 1.50. The van der Waals surface area contributed by atoms with Crippen LogP contribution in [0.15, 0.2) is 30.3 Å². The van der Waals surface area contributed by atoms with Crippen molar-refractivity contribution in [3.8, 4) is 0 Å². The molecule has 68 valence electrons. The number of benzene rings is 1. The van der Waals surface area contributed by atoms with Gasteiger partial charge in [-0.3, -0.25) is 0 Å². The Kier molecular flexibility index (Phi) is 3.93. The molecule has 0 spiro atoms. The third-order valence-electron chi connectivity index (χ3n) is 1.50. The summed E-state index contributed by atoms with van der Waals surface area (Å²) in [4.78, 5) is 0. The van der Waals surface area contributed by atoms with E-state index < -0.39 is 0 Å². The van der Waals surface area contributed by atoms with E-state index in [1.807, 2.05) is 0 Å². The van der Waals surface area contributed by atoms with Crippen LogP contribution < -0.4 is 6.15 Å². The molecule has 2 heteroatoms. The molecule has 1 aromatic rings. The van der Waals surface area contributed by atoms with Crippen molar-refractivity contribution in [3.63, 3.8) is 0 Å². The molecule has 0 atom stereocenters. The highest BCUT2D eigenvalue weighted by Crippen LogP contribution is 2.04. The Morgan fingerprint density at radius 1 is 1.00 bits per heavy atom. The van der Waals surface area contributed by atoms with Gasteiger partial charge < -0.3 is 10.6 Å². The van der Waals surface area contributed by atoms with Crippen LogP contribution >= 0.6 is 0 Å². The Morgan fingerprint density at radius 2 is 1.50 bits per heavy atom. The van der Waals surface area contributed by atoms with Gasteiger partial charge in [0.05, 0.1) is 21.1 Å². The summed E-state index contributed by atoms with van der Waals surface area (Å²) in [5.41, 5.74) is 1.40. The van der Waals surface area contributed by atoms with Crippen molar-refractivity contribution in [2.75, 3.05) is 21.1 Å². The maximum Gasteiger partial charge on any atom is 0.104 e. The molecule has 0 unspecified atom stereocenters. The zero-order valence-corrected chi connectivity index (χ0v) is 8.25. The summed E-state index contributed by atoms with van der Waals surface area (Å²) in [6.07, 6.45) is 0. The number of hydrogen-bond acceptors (Lipinski definition) is 1. The van der Waals surface area contributed by atoms with E-state index in [0.717, 1.165) is 11.0 Å². The van der Waals surface area contributed by atoms with Crippen molar-refractivity contribution in [2.45, 2.75) is 6.54 Å². The first kappa shape index (κ1) is 11.1. The molecule has 0 aromatic heterocycles. The Balaban J connectivity index is 0.00000121. The van der Waals surface area contributed by atoms with Gasteiger partial charge in [-0.2, -0.15) is 0 Å². The SMILES string of the molecule is C[N+](C)(C)Cc1ccccc1.N. The lowest BCUT2D eigenvalue weighted by Crippen LogP contribution is -2.33. The van der Waals surface area contributed by atoms with Crippen molar-refractivity contribution in [1.29, 1.82) is 0 Å². The quantitative estimate of drug-likeness (QED) is 0.672. The summed E-state index contributed by atoms with van der Waals surface area (Å²) in [5, 5.41) is 0. The molecule has 0 heterocycles. The van der Waals surface area contributed by atoms with Crippen molar-refractivity contribution >= 4 is 0 Å². The average molecular weight is 167 g/mol. The molecule has 0 saturated heterocycles. The first-order valence-corrected chi connectivity index (χ1v) is 3.92. The van der Waals surface area contributed by atoms with Gasteiger partial charge in [-0.1, -0.05) is 30.3 Å². The van der Waals surface area contributed by atoms with Gasteiger partial charge in [-0.25, -0.2) is 0 Å². The minimum Gasteiger partial charge on any atom is -0.344 e. The number of nitrogens with zero attached hydrogens (tertiary/aromatic N) is 1. The third kappa shape index (κ3) is 4.11. The van der Waals surface area contributed by atoms with Gasteiger partial charge in [0.25, 0.3) is 0 Å². The summed E-state index contributed by atoms with van der Waals surface area (Å²) >= 11 is 0. The van der Waals surface area contributed by atoms with Gasteiger partial charge in [-0.05, 0) is 0 Å². The first-order valence-electron chi connectivity index (χ1n) is 3.92.